The molecule has 3 N–H and O–H groups in total. The van der Waals surface area contributed by atoms with Crippen LogP contribution in [0.15, 0.2) is 76.2 Å². The molecular formula is C18H18N2OS. The third-order valence-corrected chi connectivity index (χ3v) is 4.21. The summed E-state index contributed by atoms with van der Waals surface area (Å²) in [5.74, 6) is 0.832. The second-order valence-electron chi connectivity index (χ2n) is 5.09. The van der Waals surface area contributed by atoms with Gasteiger partial charge in [-0.25, -0.2) is 0 Å². The second kappa shape index (κ2) is 6.73. The molecule has 0 aliphatic heterocycles. The number of furan rings is 1. The Labute approximate surface area is 134 Å². The first-order valence-corrected chi connectivity index (χ1v) is 7.97. The lowest BCUT2D eigenvalue weighted by molar-refractivity contribution is 0.582. The van der Waals surface area contributed by atoms with Gasteiger partial charge in [-0.2, -0.15) is 0 Å². The van der Waals surface area contributed by atoms with Gasteiger partial charge in [0.05, 0.1) is 12.0 Å². The van der Waals surface area contributed by atoms with Crippen LogP contribution in [-0.2, 0) is 0 Å². The first-order valence-electron chi connectivity index (χ1n) is 7.15. The van der Waals surface area contributed by atoms with Crippen LogP contribution < -0.4 is 10.5 Å². The van der Waals surface area contributed by atoms with E-state index in [2.05, 4.69) is 22.9 Å². The Hall–Kier alpha value is -2.17. The third kappa shape index (κ3) is 3.35. The van der Waals surface area contributed by atoms with Crippen LogP contribution in [0.4, 0.5) is 5.69 Å². The second-order valence-corrected chi connectivity index (χ2v) is 5.97. The number of benzene rings is 2. The number of nitrogens with one attached hydrogen (secondary N) is 1. The molecular weight excluding hydrogens is 292 g/mol. The van der Waals surface area contributed by atoms with E-state index in [0.717, 1.165) is 27.5 Å². The highest BCUT2D eigenvalue weighted by atomic mass is 32.2. The standard InChI is InChI=1S/C18H18N2OS/c1-13(19)14-9-10-17(16(12-14)18-8-5-11-21-18)20-22-15-6-3-2-4-7-15/h2-13,20H,19H2,1H3. The highest BCUT2D eigenvalue weighted by Gasteiger charge is 2.11. The zero-order valence-electron chi connectivity index (χ0n) is 12.3. The first-order chi connectivity index (χ1) is 10.7. The summed E-state index contributed by atoms with van der Waals surface area (Å²) >= 11 is 1.58. The molecule has 0 aliphatic carbocycles. The van der Waals surface area contributed by atoms with Gasteiger partial charge in [0.1, 0.15) is 5.76 Å². The van der Waals surface area contributed by atoms with E-state index in [1.54, 1.807) is 18.2 Å². The summed E-state index contributed by atoms with van der Waals surface area (Å²) in [5.41, 5.74) is 9.10. The molecule has 3 nitrogen and oxygen atoms in total. The molecule has 0 bridgehead atoms. The van der Waals surface area contributed by atoms with E-state index in [1.165, 1.54) is 0 Å². The van der Waals surface area contributed by atoms with Gasteiger partial charge < -0.3 is 14.9 Å². The number of rotatable bonds is 5. The highest BCUT2D eigenvalue weighted by molar-refractivity contribution is 8.00. The molecule has 1 atom stereocenters. The molecule has 1 unspecified atom stereocenters. The minimum atomic E-state index is -0.00969. The Morgan fingerprint density at radius 1 is 1.05 bits per heavy atom. The Bertz CT molecular complexity index is 724. The van der Waals surface area contributed by atoms with Crippen molar-refractivity contribution in [1.29, 1.82) is 0 Å². The van der Waals surface area contributed by atoms with Gasteiger partial charge >= 0.3 is 0 Å². The minimum Gasteiger partial charge on any atom is -0.464 e. The van der Waals surface area contributed by atoms with Crippen LogP contribution >= 0.6 is 11.9 Å². The molecule has 0 saturated heterocycles. The maximum Gasteiger partial charge on any atom is 0.135 e. The predicted molar refractivity (Wildman–Crippen MR) is 92.7 cm³/mol. The third-order valence-electron chi connectivity index (χ3n) is 3.38. The summed E-state index contributed by atoms with van der Waals surface area (Å²) in [6, 6.07) is 20.2. The number of anilines is 1. The molecule has 3 rings (SSSR count). The molecule has 1 heterocycles. The summed E-state index contributed by atoms with van der Waals surface area (Å²) in [5, 5.41) is 0. The molecule has 0 fully saturated rings. The van der Waals surface area contributed by atoms with E-state index in [9.17, 15) is 0 Å². The topological polar surface area (TPSA) is 51.2 Å². The Morgan fingerprint density at radius 2 is 1.86 bits per heavy atom. The molecule has 3 aromatic rings. The van der Waals surface area contributed by atoms with Crippen LogP contribution in [0.2, 0.25) is 0 Å². The number of nitrogens with two attached hydrogens (primary N) is 1. The van der Waals surface area contributed by atoms with Crippen LogP contribution in [0.5, 0.6) is 0 Å². The van der Waals surface area contributed by atoms with Gasteiger partial charge in [-0.05, 0) is 60.8 Å². The van der Waals surface area contributed by atoms with E-state index < -0.39 is 0 Å². The smallest absolute Gasteiger partial charge is 0.135 e. The average molecular weight is 310 g/mol. The van der Waals surface area contributed by atoms with E-state index in [1.807, 2.05) is 49.4 Å². The lowest BCUT2D eigenvalue weighted by atomic mass is 10.0. The van der Waals surface area contributed by atoms with Gasteiger partial charge in [0.15, 0.2) is 0 Å². The number of hydrogen-bond acceptors (Lipinski definition) is 4. The summed E-state index contributed by atoms with van der Waals surface area (Å²) < 4.78 is 8.96. The van der Waals surface area contributed by atoms with Crippen molar-refractivity contribution >= 4 is 17.6 Å². The Morgan fingerprint density at radius 3 is 2.55 bits per heavy atom. The van der Waals surface area contributed by atoms with Crippen molar-refractivity contribution in [1.82, 2.24) is 0 Å². The van der Waals surface area contributed by atoms with Crippen molar-refractivity contribution < 1.29 is 4.42 Å². The van der Waals surface area contributed by atoms with Crippen LogP contribution in [0, 0.1) is 0 Å². The molecule has 22 heavy (non-hydrogen) atoms. The van der Waals surface area contributed by atoms with E-state index >= 15 is 0 Å². The maximum absolute atomic E-state index is 5.99. The lowest BCUT2D eigenvalue weighted by Crippen LogP contribution is -2.05. The molecule has 4 heteroatoms. The zero-order valence-corrected chi connectivity index (χ0v) is 13.1. The van der Waals surface area contributed by atoms with E-state index in [0.29, 0.717) is 0 Å². The van der Waals surface area contributed by atoms with Crippen LogP contribution in [0.1, 0.15) is 18.5 Å². The van der Waals surface area contributed by atoms with Crippen molar-refractivity contribution in [3.8, 4) is 11.3 Å². The SMILES string of the molecule is CC(N)c1ccc(NSc2ccccc2)c(-c2ccco2)c1. The zero-order chi connectivity index (χ0) is 15.4. The van der Waals surface area contributed by atoms with Crippen molar-refractivity contribution in [3.63, 3.8) is 0 Å². The van der Waals surface area contributed by atoms with Crippen molar-refractivity contribution in [3.05, 3.63) is 72.5 Å². The maximum atomic E-state index is 5.99. The minimum absolute atomic E-state index is 0.00969. The van der Waals surface area contributed by atoms with Gasteiger partial charge in [0.2, 0.25) is 0 Å². The van der Waals surface area contributed by atoms with Gasteiger partial charge in [0, 0.05) is 16.5 Å². The Balaban J connectivity index is 1.89. The fourth-order valence-electron chi connectivity index (χ4n) is 2.17. The Kier molecular flexibility index (Phi) is 4.51. The first kappa shape index (κ1) is 14.8. The molecule has 1 aromatic heterocycles. The van der Waals surface area contributed by atoms with Crippen LogP contribution in [0.3, 0.4) is 0 Å². The fourth-order valence-corrected chi connectivity index (χ4v) is 2.87. The normalized spacial score (nSPS) is 12.1. The van der Waals surface area contributed by atoms with Gasteiger partial charge in [-0.3, -0.25) is 0 Å². The van der Waals surface area contributed by atoms with E-state index in [-0.39, 0.29) is 6.04 Å². The molecule has 0 radical (unpaired) electrons. The molecule has 0 spiro atoms. The van der Waals surface area contributed by atoms with Gasteiger partial charge in [-0.15, -0.1) is 0 Å². The number of hydrogen-bond donors (Lipinski definition) is 2. The molecule has 0 amide bonds. The van der Waals surface area contributed by atoms with Crippen LogP contribution in [0.25, 0.3) is 11.3 Å². The lowest BCUT2D eigenvalue weighted by Gasteiger charge is -2.13. The van der Waals surface area contributed by atoms with Gasteiger partial charge in [-0.1, -0.05) is 24.3 Å². The molecule has 2 aromatic carbocycles. The molecule has 0 aliphatic rings. The highest BCUT2D eigenvalue weighted by Crippen LogP contribution is 2.33. The quantitative estimate of drug-likeness (QED) is 0.645. The molecule has 0 saturated carbocycles. The van der Waals surface area contributed by atoms with E-state index in [4.69, 9.17) is 10.2 Å². The summed E-state index contributed by atoms with van der Waals surface area (Å²) in [6.45, 7) is 1.98. The monoisotopic (exact) mass is 310 g/mol. The van der Waals surface area contributed by atoms with Gasteiger partial charge in [0.25, 0.3) is 0 Å². The van der Waals surface area contributed by atoms with Crippen molar-refractivity contribution in [2.75, 3.05) is 4.72 Å². The average Bonchev–Trinajstić information content (AvgIpc) is 3.08. The van der Waals surface area contributed by atoms with Crippen LogP contribution in [-0.4, -0.2) is 0 Å². The summed E-state index contributed by atoms with van der Waals surface area (Å²) in [4.78, 5) is 1.16. The molecule has 112 valence electrons. The summed E-state index contributed by atoms with van der Waals surface area (Å²) in [6.07, 6.45) is 1.68. The summed E-state index contributed by atoms with van der Waals surface area (Å²) in [7, 11) is 0. The fraction of sp³-hybridized carbons (Fsp3) is 0.111. The largest absolute Gasteiger partial charge is 0.464 e. The van der Waals surface area contributed by atoms with Crippen molar-refractivity contribution in [2.45, 2.75) is 17.9 Å². The predicted octanol–water partition coefficient (Wildman–Crippen LogP) is 5.09. The van der Waals surface area contributed by atoms with Crippen molar-refractivity contribution in [2.24, 2.45) is 5.73 Å².